The standard InChI is InChI=1S/C20H35O4P/c1-15(2)9-7-11-17(5)13-19(21)20(25(22,23)24)14-18(6)12-8-10-16(3)4/h9-10,14,17-18H,7-8,11-13H2,1-6H3,(H2,22,23,24). The van der Waals surface area contributed by atoms with E-state index in [1.807, 2.05) is 41.5 Å². The van der Waals surface area contributed by atoms with E-state index in [-0.39, 0.29) is 23.6 Å². The van der Waals surface area contributed by atoms with Gasteiger partial charge in [-0.1, -0.05) is 43.2 Å². The molecule has 0 aliphatic carbocycles. The molecular formula is C20H35O4P. The first kappa shape index (κ1) is 24.0. The van der Waals surface area contributed by atoms with Crippen LogP contribution in [-0.2, 0) is 9.36 Å². The Balaban J connectivity index is 4.93. The van der Waals surface area contributed by atoms with Gasteiger partial charge in [-0.05, 0) is 65.2 Å². The molecule has 2 unspecified atom stereocenters. The average molecular weight is 370 g/mol. The van der Waals surface area contributed by atoms with Crippen molar-refractivity contribution in [1.82, 2.24) is 0 Å². The van der Waals surface area contributed by atoms with Crippen LogP contribution in [0, 0.1) is 11.8 Å². The molecule has 0 aromatic rings. The maximum absolute atomic E-state index is 12.4. The van der Waals surface area contributed by atoms with Gasteiger partial charge in [0.05, 0.1) is 0 Å². The number of Topliss-reactive ketones (excluding diaryl/α,β-unsaturated/α-hetero) is 1. The van der Waals surface area contributed by atoms with Gasteiger partial charge in [-0.3, -0.25) is 9.36 Å². The molecule has 2 atom stereocenters. The van der Waals surface area contributed by atoms with Crippen LogP contribution in [0.5, 0.6) is 0 Å². The Labute approximate surface area is 153 Å². The first-order valence-corrected chi connectivity index (χ1v) is 10.6. The Bertz CT molecular complexity index is 558. The highest BCUT2D eigenvalue weighted by Gasteiger charge is 2.29. The third-order valence-corrected chi connectivity index (χ3v) is 4.99. The Morgan fingerprint density at radius 2 is 1.44 bits per heavy atom. The Hall–Kier alpha value is -0.960. The molecular weight excluding hydrogens is 335 g/mol. The van der Waals surface area contributed by atoms with Crippen molar-refractivity contribution in [2.75, 3.05) is 0 Å². The van der Waals surface area contributed by atoms with E-state index >= 15 is 0 Å². The number of rotatable bonds is 11. The summed E-state index contributed by atoms with van der Waals surface area (Å²) in [6, 6.07) is 0. The second kappa shape index (κ2) is 11.6. The second-order valence-corrected chi connectivity index (χ2v) is 9.09. The maximum atomic E-state index is 12.4. The lowest BCUT2D eigenvalue weighted by atomic mass is 9.97. The van der Waals surface area contributed by atoms with Gasteiger partial charge in [0.15, 0.2) is 5.78 Å². The molecule has 144 valence electrons. The van der Waals surface area contributed by atoms with Crippen molar-refractivity contribution in [3.63, 3.8) is 0 Å². The minimum absolute atomic E-state index is 0.0526. The summed E-state index contributed by atoms with van der Waals surface area (Å²) in [7, 11) is -4.55. The predicted molar refractivity (Wildman–Crippen MR) is 105 cm³/mol. The zero-order valence-electron chi connectivity index (χ0n) is 16.6. The van der Waals surface area contributed by atoms with Gasteiger partial charge >= 0.3 is 7.60 Å². The lowest BCUT2D eigenvalue weighted by Gasteiger charge is -2.14. The number of hydrogen-bond acceptors (Lipinski definition) is 2. The minimum atomic E-state index is -4.55. The van der Waals surface area contributed by atoms with Gasteiger partial charge in [0.2, 0.25) is 0 Å². The Morgan fingerprint density at radius 1 is 0.960 bits per heavy atom. The quantitative estimate of drug-likeness (QED) is 0.275. The van der Waals surface area contributed by atoms with Gasteiger partial charge in [0.1, 0.15) is 5.31 Å². The maximum Gasteiger partial charge on any atom is 0.359 e. The third-order valence-electron chi connectivity index (χ3n) is 3.96. The number of hydrogen-bond donors (Lipinski definition) is 2. The molecule has 0 bridgehead atoms. The van der Waals surface area contributed by atoms with Crippen LogP contribution in [0.3, 0.4) is 0 Å². The summed E-state index contributed by atoms with van der Waals surface area (Å²) < 4.78 is 11.8. The van der Waals surface area contributed by atoms with Crippen LogP contribution in [0.4, 0.5) is 0 Å². The normalized spacial score (nSPS) is 14.6. The summed E-state index contributed by atoms with van der Waals surface area (Å²) in [4.78, 5) is 31.6. The highest BCUT2D eigenvalue weighted by molar-refractivity contribution is 7.58. The number of carbonyl (C=O) groups is 1. The summed E-state index contributed by atoms with van der Waals surface area (Å²) in [6.45, 7) is 11.9. The van der Waals surface area contributed by atoms with E-state index in [0.29, 0.717) is 0 Å². The molecule has 0 amide bonds. The third kappa shape index (κ3) is 12.1. The first-order valence-electron chi connectivity index (χ1n) is 9.01. The van der Waals surface area contributed by atoms with Crippen molar-refractivity contribution < 1.29 is 19.1 Å². The lowest BCUT2D eigenvalue weighted by molar-refractivity contribution is -0.115. The summed E-state index contributed by atoms with van der Waals surface area (Å²) in [5.74, 6) is -0.380. The van der Waals surface area contributed by atoms with E-state index in [4.69, 9.17) is 0 Å². The van der Waals surface area contributed by atoms with Gasteiger partial charge < -0.3 is 9.79 Å². The van der Waals surface area contributed by atoms with Crippen molar-refractivity contribution in [3.05, 3.63) is 34.7 Å². The SMILES string of the molecule is CC(C)=CCCC(C)C=C(C(=O)CC(C)CCC=C(C)C)P(=O)(O)O. The summed E-state index contributed by atoms with van der Waals surface area (Å²) >= 11 is 0. The van der Waals surface area contributed by atoms with Crippen molar-refractivity contribution in [3.8, 4) is 0 Å². The van der Waals surface area contributed by atoms with Gasteiger partial charge in [-0.2, -0.15) is 0 Å². The minimum Gasteiger partial charge on any atom is -0.321 e. The van der Waals surface area contributed by atoms with Crippen LogP contribution in [0.15, 0.2) is 34.7 Å². The summed E-state index contributed by atoms with van der Waals surface area (Å²) in [5, 5.41) is -0.314. The molecule has 0 aliphatic heterocycles. The van der Waals surface area contributed by atoms with Gasteiger partial charge in [0, 0.05) is 6.42 Å². The fourth-order valence-corrected chi connectivity index (χ4v) is 3.38. The Kier molecular flexibility index (Phi) is 11.2. The average Bonchev–Trinajstić information content (AvgIpc) is 2.42. The zero-order chi connectivity index (χ0) is 19.6. The van der Waals surface area contributed by atoms with Crippen LogP contribution in [0.2, 0.25) is 0 Å². The van der Waals surface area contributed by atoms with E-state index in [1.165, 1.54) is 17.2 Å². The predicted octanol–water partition coefficient (Wildman–Crippen LogP) is 5.77. The molecule has 0 aliphatic rings. The molecule has 0 aromatic carbocycles. The van der Waals surface area contributed by atoms with Crippen LogP contribution < -0.4 is 0 Å². The zero-order valence-corrected chi connectivity index (χ0v) is 17.5. The molecule has 2 N–H and O–H groups in total. The smallest absolute Gasteiger partial charge is 0.321 e. The molecule has 0 heterocycles. The fraction of sp³-hybridized carbons (Fsp3) is 0.650. The van der Waals surface area contributed by atoms with Crippen LogP contribution in [0.1, 0.15) is 73.6 Å². The van der Waals surface area contributed by atoms with Gasteiger partial charge in [-0.15, -0.1) is 0 Å². The number of carbonyl (C=O) groups excluding carboxylic acids is 1. The van der Waals surface area contributed by atoms with Gasteiger partial charge in [-0.25, -0.2) is 0 Å². The molecule has 5 heteroatoms. The van der Waals surface area contributed by atoms with Crippen LogP contribution >= 0.6 is 7.60 Å². The molecule has 4 nitrogen and oxygen atoms in total. The summed E-state index contributed by atoms with van der Waals surface area (Å²) in [5.41, 5.74) is 2.45. The molecule has 0 saturated carbocycles. The number of ketones is 1. The molecule has 0 saturated heterocycles. The topological polar surface area (TPSA) is 74.6 Å². The lowest BCUT2D eigenvalue weighted by Crippen LogP contribution is -2.10. The highest BCUT2D eigenvalue weighted by Crippen LogP contribution is 2.47. The largest absolute Gasteiger partial charge is 0.359 e. The number of allylic oxidation sites excluding steroid dienone is 6. The molecule has 0 aromatic heterocycles. The van der Waals surface area contributed by atoms with Crippen LogP contribution in [-0.4, -0.2) is 15.6 Å². The highest BCUT2D eigenvalue weighted by atomic mass is 31.2. The Morgan fingerprint density at radius 3 is 1.88 bits per heavy atom. The van der Waals surface area contributed by atoms with E-state index in [9.17, 15) is 19.1 Å². The molecule has 25 heavy (non-hydrogen) atoms. The van der Waals surface area contributed by atoms with Crippen molar-refractivity contribution in [2.45, 2.75) is 73.6 Å². The second-order valence-electron chi connectivity index (χ2n) is 7.52. The molecule has 0 rings (SSSR count). The molecule has 0 radical (unpaired) electrons. The van der Waals surface area contributed by atoms with E-state index < -0.39 is 13.4 Å². The van der Waals surface area contributed by atoms with E-state index in [2.05, 4.69) is 12.2 Å². The van der Waals surface area contributed by atoms with Crippen molar-refractivity contribution >= 4 is 13.4 Å². The van der Waals surface area contributed by atoms with Crippen molar-refractivity contribution in [1.29, 1.82) is 0 Å². The van der Waals surface area contributed by atoms with Crippen LogP contribution in [0.25, 0.3) is 0 Å². The first-order chi connectivity index (χ1) is 11.4. The van der Waals surface area contributed by atoms with Gasteiger partial charge in [0.25, 0.3) is 0 Å². The summed E-state index contributed by atoms with van der Waals surface area (Å²) in [6.07, 6.45) is 9.17. The fourth-order valence-electron chi connectivity index (χ4n) is 2.52. The molecule has 0 fully saturated rings. The monoisotopic (exact) mass is 370 g/mol. The van der Waals surface area contributed by atoms with Crippen molar-refractivity contribution in [2.24, 2.45) is 11.8 Å². The molecule has 0 spiro atoms. The van der Waals surface area contributed by atoms with E-state index in [0.717, 1.165) is 25.7 Å². The van der Waals surface area contributed by atoms with E-state index in [1.54, 1.807) is 0 Å².